The van der Waals surface area contributed by atoms with E-state index in [0.717, 1.165) is 10.4 Å². The molecule has 27 heavy (non-hydrogen) atoms. The minimum absolute atomic E-state index is 0.141. The SMILES string of the molecule is CN1[C@@H](C(=O)Nc2ccc(F)c(Cl)c2)C[C@@H](c2ccc(Cl)cc2)NS1(=O)=O. The molecule has 0 unspecified atom stereocenters. The van der Waals surface area contributed by atoms with E-state index >= 15 is 0 Å². The van der Waals surface area contributed by atoms with Gasteiger partial charge in [0.1, 0.15) is 11.9 Å². The quantitative estimate of drug-likeness (QED) is 0.781. The summed E-state index contributed by atoms with van der Waals surface area (Å²) in [7, 11) is -2.55. The van der Waals surface area contributed by atoms with Crippen LogP contribution in [0, 0.1) is 5.82 Å². The van der Waals surface area contributed by atoms with Crippen molar-refractivity contribution in [3.8, 4) is 0 Å². The molecule has 1 heterocycles. The highest BCUT2D eigenvalue weighted by atomic mass is 35.5. The number of hydrogen-bond acceptors (Lipinski definition) is 3. The van der Waals surface area contributed by atoms with Gasteiger partial charge in [0, 0.05) is 23.8 Å². The molecule has 6 nitrogen and oxygen atoms in total. The summed E-state index contributed by atoms with van der Waals surface area (Å²) < 4.78 is 41.7. The van der Waals surface area contributed by atoms with Gasteiger partial charge in [0.25, 0.3) is 10.2 Å². The van der Waals surface area contributed by atoms with Gasteiger partial charge in [-0.2, -0.15) is 17.4 Å². The largest absolute Gasteiger partial charge is 0.325 e. The first kappa shape index (κ1) is 20.0. The van der Waals surface area contributed by atoms with Crippen LogP contribution in [0.25, 0.3) is 0 Å². The van der Waals surface area contributed by atoms with Crippen molar-refractivity contribution in [2.24, 2.45) is 0 Å². The van der Waals surface area contributed by atoms with E-state index in [1.807, 2.05) is 0 Å². The lowest BCUT2D eigenvalue weighted by Crippen LogP contribution is -2.55. The van der Waals surface area contributed by atoms with Crippen molar-refractivity contribution < 1.29 is 17.6 Å². The Balaban J connectivity index is 1.84. The number of nitrogens with zero attached hydrogens (tertiary/aromatic N) is 1. The molecule has 2 aromatic carbocycles. The smallest absolute Gasteiger partial charge is 0.280 e. The molecule has 1 aliphatic rings. The minimum Gasteiger partial charge on any atom is -0.325 e. The Morgan fingerprint density at radius 1 is 1.22 bits per heavy atom. The van der Waals surface area contributed by atoms with Crippen LogP contribution in [0.3, 0.4) is 0 Å². The molecule has 1 saturated heterocycles. The van der Waals surface area contributed by atoms with Gasteiger partial charge in [0.05, 0.1) is 5.02 Å². The summed E-state index contributed by atoms with van der Waals surface area (Å²) in [5.41, 5.74) is 0.970. The first-order valence-electron chi connectivity index (χ1n) is 7.94. The molecular formula is C17H16Cl2FN3O3S. The maximum Gasteiger partial charge on any atom is 0.280 e. The zero-order valence-corrected chi connectivity index (χ0v) is 16.4. The lowest BCUT2D eigenvalue weighted by atomic mass is 9.99. The van der Waals surface area contributed by atoms with E-state index in [-0.39, 0.29) is 17.1 Å². The average molecular weight is 432 g/mol. The third-order valence-electron chi connectivity index (χ3n) is 4.33. The van der Waals surface area contributed by atoms with E-state index in [1.165, 1.54) is 19.2 Å². The van der Waals surface area contributed by atoms with Crippen LogP contribution in [-0.2, 0) is 15.0 Å². The molecule has 0 spiro atoms. The van der Waals surface area contributed by atoms with Gasteiger partial charge in [0.15, 0.2) is 0 Å². The van der Waals surface area contributed by atoms with Gasteiger partial charge in [-0.05, 0) is 42.3 Å². The summed E-state index contributed by atoms with van der Waals surface area (Å²) >= 11 is 11.6. The Morgan fingerprint density at radius 3 is 2.52 bits per heavy atom. The number of amides is 1. The van der Waals surface area contributed by atoms with Crippen LogP contribution >= 0.6 is 23.2 Å². The molecule has 144 valence electrons. The molecule has 2 aromatic rings. The van der Waals surface area contributed by atoms with E-state index < -0.39 is 34.0 Å². The van der Waals surface area contributed by atoms with Gasteiger partial charge in [-0.25, -0.2) is 4.39 Å². The van der Waals surface area contributed by atoms with Crippen molar-refractivity contribution in [2.75, 3.05) is 12.4 Å². The van der Waals surface area contributed by atoms with Crippen molar-refractivity contribution >= 4 is 45.0 Å². The fourth-order valence-electron chi connectivity index (χ4n) is 2.82. The number of hydrogen-bond donors (Lipinski definition) is 2. The third-order valence-corrected chi connectivity index (χ3v) is 6.47. The maximum atomic E-state index is 13.3. The Labute approximate surface area is 166 Å². The standard InChI is InChI=1S/C17H16Cl2FN3O3S/c1-23-16(17(24)21-12-6-7-14(20)13(19)8-12)9-15(22-27(23,25)26)10-2-4-11(18)5-3-10/h2-8,15-16,22H,9H2,1H3,(H,21,24)/t15-,16+/m0/s1. The molecule has 0 saturated carbocycles. The van der Waals surface area contributed by atoms with Gasteiger partial charge < -0.3 is 5.32 Å². The van der Waals surface area contributed by atoms with Crippen LogP contribution in [-0.4, -0.2) is 31.7 Å². The summed E-state index contributed by atoms with van der Waals surface area (Å²) in [5.74, 6) is -1.15. The number of carbonyl (C=O) groups is 1. The van der Waals surface area contributed by atoms with Crippen LogP contribution in [0.1, 0.15) is 18.0 Å². The van der Waals surface area contributed by atoms with E-state index in [4.69, 9.17) is 23.2 Å². The monoisotopic (exact) mass is 431 g/mol. The Morgan fingerprint density at radius 2 is 1.89 bits per heavy atom. The molecule has 1 amide bonds. The summed E-state index contributed by atoms with van der Waals surface area (Å²) in [6.45, 7) is 0. The molecular weight excluding hydrogens is 416 g/mol. The highest BCUT2D eigenvalue weighted by Crippen LogP contribution is 2.29. The maximum absolute atomic E-state index is 13.3. The molecule has 0 aliphatic carbocycles. The fraction of sp³-hybridized carbons (Fsp3) is 0.235. The molecule has 2 atom stereocenters. The third kappa shape index (κ3) is 4.41. The topological polar surface area (TPSA) is 78.5 Å². The van der Waals surface area contributed by atoms with Gasteiger partial charge in [-0.3, -0.25) is 4.79 Å². The summed E-state index contributed by atoms with van der Waals surface area (Å²) in [6, 6.07) is 8.91. The Hall–Kier alpha value is -1.71. The predicted octanol–water partition coefficient (Wildman–Crippen LogP) is 3.35. The number of likely N-dealkylation sites (N-methyl/N-ethyl adjacent to an activating group) is 1. The van der Waals surface area contributed by atoms with Crippen LogP contribution in [0.15, 0.2) is 42.5 Å². The zero-order valence-electron chi connectivity index (χ0n) is 14.1. The minimum atomic E-state index is -3.87. The van der Waals surface area contributed by atoms with E-state index in [2.05, 4.69) is 10.0 Å². The van der Waals surface area contributed by atoms with Crippen molar-refractivity contribution in [3.63, 3.8) is 0 Å². The molecule has 1 fully saturated rings. The molecule has 2 N–H and O–H groups in total. The lowest BCUT2D eigenvalue weighted by molar-refractivity contribution is -0.120. The van der Waals surface area contributed by atoms with Gasteiger partial charge in [0.2, 0.25) is 5.91 Å². The van der Waals surface area contributed by atoms with Crippen molar-refractivity contribution in [1.82, 2.24) is 9.03 Å². The van der Waals surface area contributed by atoms with Gasteiger partial charge in [-0.15, -0.1) is 0 Å². The molecule has 3 rings (SSSR count). The molecule has 10 heteroatoms. The lowest BCUT2D eigenvalue weighted by Gasteiger charge is -2.36. The molecule has 1 aliphatic heterocycles. The number of nitrogens with one attached hydrogen (secondary N) is 2. The number of anilines is 1. The number of rotatable bonds is 3. The van der Waals surface area contributed by atoms with Crippen LogP contribution in [0.2, 0.25) is 10.0 Å². The number of benzene rings is 2. The van der Waals surface area contributed by atoms with Crippen molar-refractivity contribution in [2.45, 2.75) is 18.5 Å². The van der Waals surface area contributed by atoms with Crippen molar-refractivity contribution in [3.05, 3.63) is 63.9 Å². The van der Waals surface area contributed by atoms with Gasteiger partial charge >= 0.3 is 0 Å². The average Bonchev–Trinajstić information content (AvgIpc) is 2.61. The second kappa shape index (κ2) is 7.73. The Kier molecular flexibility index (Phi) is 5.73. The van der Waals surface area contributed by atoms with Crippen molar-refractivity contribution in [1.29, 1.82) is 0 Å². The zero-order chi connectivity index (χ0) is 19.8. The predicted molar refractivity (Wildman–Crippen MR) is 102 cm³/mol. The van der Waals surface area contributed by atoms with Crippen LogP contribution in [0.4, 0.5) is 10.1 Å². The van der Waals surface area contributed by atoms with E-state index in [9.17, 15) is 17.6 Å². The summed E-state index contributed by atoms with van der Waals surface area (Å²) in [6.07, 6.45) is 0.206. The first-order valence-corrected chi connectivity index (χ1v) is 10.1. The molecule has 0 bridgehead atoms. The molecule has 0 radical (unpaired) electrons. The normalized spacial score (nSPS) is 22.4. The highest BCUT2D eigenvalue weighted by molar-refractivity contribution is 7.87. The van der Waals surface area contributed by atoms with Crippen LogP contribution < -0.4 is 10.0 Å². The van der Waals surface area contributed by atoms with Crippen LogP contribution in [0.5, 0.6) is 0 Å². The number of halogens is 3. The molecule has 0 aromatic heterocycles. The second-order valence-electron chi connectivity index (χ2n) is 6.11. The summed E-state index contributed by atoms with van der Waals surface area (Å²) in [5, 5.41) is 2.97. The van der Waals surface area contributed by atoms with E-state index in [1.54, 1.807) is 24.3 Å². The highest BCUT2D eigenvalue weighted by Gasteiger charge is 2.40. The summed E-state index contributed by atoms with van der Waals surface area (Å²) in [4.78, 5) is 12.7. The number of carbonyl (C=O) groups excluding carboxylic acids is 1. The Bertz CT molecular complexity index is 970. The second-order valence-corrected chi connectivity index (χ2v) is 8.72. The van der Waals surface area contributed by atoms with E-state index in [0.29, 0.717) is 10.6 Å². The fourth-order valence-corrected chi connectivity index (χ4v) is 4.40. The first-order chi connectivity index (χ1) is 12.7. The van der Waals surface area contributed by atoms with Gasteiger partial charge in [-0.1, -0.05) is 35.3 Å².